The van der Waals surface area contributed by atoms with Gasteiger partial charge in [-0.1, -0.05) is 30.3 Å². The average Bonchev–Trinajstić information content (AvgIpc) is 3.09. The molecule has 2 aliphatic rings. The summed E-state index contributed by atoms with van der Waals surface area (Å²) in [6.07, 6.45) is 3.92. The highest BCUT2D eigenvalue weighted by Gasteiger charge is 2.48. The lowest BCUT2D eigenvalue weighted by molar-refractivity contribution is -0.00534. The monoisotopic (exact) mass is 424 g/mol. The van der Waals surface area contributed by atoms with E-state index in [0.29, 0.717) is 12.3 Å². The van der Waals surface area contributed by atoms with Crippen LogP contribution < -0.4 is 4.72 Å². The maximum Gasteiger partial charge on any atom is 0.410 e. The molecule has 1 N–H and O–H groups in total. The Morgan fingerprint density at radius 2 is 1.83 bits per heavy atom. The van der Waals surface area contributed by atoms with Crippen LogP contribution in [0.15, 0.2) is 30.3 Å². The van der Waals surface area contributed by atoms with Gasteiger partial charge >= 0.3 is 6.09 Å². The zero-order valence-corrected chi connectivity index (χ0v) is 18.2. The van der Waals surface area contributed by atoms with Gasteiger partial charge in [-0.05, 0) is 57.6 Å². The highest BCUT2D eigenvalue weighted by Crippen LogP contribution is 2.35. The van der Waals surface area contributed by atoms with Gasteiger partial charge < -0.3 is 9.47 Å². The Morgan fingerprint density at radius 3 is 2.41 bits per heavy atom. The third-order valence-corrected chi connectivity index (χ3v) is 8.22. The van der Waals surface area contributed by atoms with Gasteiger partial charge in [0, 0.05) is 6.04 Å². The number of sulfonamides is 1. The molecule has 3 atom stereocenters. The van der Waals surface area contributed by atoms with E-state index in [4.69, 9.17) is 9.47 Å². The summed E-state index contributed by atoms with van der Waals surface area (Å²) in [5.74, 6) is 0.548. The minimum Gasteiger partial charge on any atom is -0.453 e. The summed E-state index contributed by atoms with van der Waals surface area (Å²) in [5.41, 5.74) is 1.37. The van der Waals surface area contributed by atoms with Crippen LogP contribution in [0.3, 0.4) is 0 Å². The second kappa shape index (κ2) is 9.45. The summed E-state index contributed by atoms with van der Waals surface area (Å²) in [6, 6.07) is 9.75. The van der Waals surface area contributed by atoms with E-state index < -0.39 is 27.4 Å². The van der Waals surface area contributed by atoms with E-state index in [1.165, 1.54) is 24.6 Å². The fourth-order valence-electron chi connectivity index (χ4n) is 4.73. The Hall–Kier alpha value is -1.64. The normalized spacial score (nSPS) is 30.3. The summed E-state index contributed by atoms with van der Waals surface area (Å²) in [5, 5.41) is -0.706. The van der Waals surface area contributed by atoms with Crippen LogP contribution in [0.2, 0.25) is 0 Å². The predicted octanol–water partition coefficient (Wildman–Crippen LogP) is 2.88. The maximum absolute atomic E-state index is 12.5. The van der Waals surface area contributed by atoms with Crippen LogP contribution in [0.5, 0.6) is 0 Å². The van der Waals surface area contributed by atoms with Crippen molar-refractivity contribution < 1.29 is 22.7 Å². The molecular weight excluding hydrogens is 392 g/mol. The molecule has 0 aromatic heterocycles. The molecule has 0 bridgehead atoms. The minimum absolute atomic E-state index is 0.0864. The van der Waals surface area contributed by atoms with Crippen molar-refractivity contribution in [2.24, 2.45) is 0 Å². The van der Waals surface area contributed by atoms with Gasteiger partial charge in [-0.15, -0.1) is 0 Å². The van der Waals surface area contributed by atoms with Crippen LogP contribution in [-0.2, 0) is 19.5 Å². The molecule has 1 amide bonds. The van der Waals surface area contributed by atoms with Crippen LogP contribution in [0.1, 0.15) is 50.5 Å². The van der Waals surface area contributed by atoms with E-state index >= 15 is 0 Å². The van der Waals surface area contributed by atoms with E-state index in [9.17, 15) is 13.2 Å². The van der Waals surface area contributed by atoms with Gasteiger partial charge in [0.15, 0.2) is 0 Å². The van der Waals surface area contributed by atoms with E-state index in [-0.39, 0.29) is 18.8 Å². The minimum atomic E-state index is -3.53. The molecule has 3 unspecified atom stereocenters. The van der Waals surface area contributed by atoms with E-state index in [2.05, 4.69) is 29.0 Å². The number of nitrogens with one attached hydrogen (secondary N) is 1. The molecule has 3 rings (SSSR count). The number of ether oxygens (including phenoxy) is 2. The Morgan fingerprint density at radius 1 is 1.17 bits per heavy atom. The zero-order valence-electron chi connectivity index (χ0n) is 17.4. The highest BCUT2D eigenvalue weighted by atomic mass is 32.2. The fourth-order valence-corrected chi connectivity index (χ4v) is 6.19. The molecular formula is C21H32N2O5S. The van der Waals surface area contributed by atoms with Gasteiger partial charge in [-0.3, -0.25) is 4.90 Å². The van der Waals surface area contributed by atoms with Crippen LogP contribution in [0.4, 0.5) is 4.79 Å². The summed E-state index contributed by atoms with van der Waals surface area (Å²) in [6.45, 7) is 2.05. The van der Waals surface area contributed by atoms with Crippen molar-refractivity contribution in [2.75, 3.05) is 20.8 Å². The molecule has 1 aliphatic carbocycles. The van der Waals surface area contributed by atoms with Crippen LogP contribution >= 0.6 is 0 Å². The van der Waals surface area contributed by atoms with Gasteiger partial charge in [0.2, 0.25) is 10.0 Å². The van der Waals surface area contributed by atoms with Gasteiger partial charge in [0.05, 0.1) is 25.9 Å². The third kappa shape index (κ3) is 4.92. The molecule has 1 saturated heterocycles. The van der Waals surface area contributed by atoms with Gasteiger partial charge in [-0.25, -0.2) is 17.9 Å². The van der Waals surface area contributed by atoms with Crippen LogP contribution in [-0.4, -0.2) is 63.6 Å². The molecule has 8 heteroatoms. The summed E-state index contributed by atoms with van der Waals surface area (Å²) >= 11 is 0. The maximum atomic E-state index is 12.5. The SMILES string of the molecule is CNS(=O)(=O)C1CC(C)N(C(=O)OC)C1COC1CCC(c2ccccc2)CC1. The lowest BCUT2D eigenvalue weighted by Gasteiger charge is -2.33. The van der Waals surface area contributed by atoms with E-state index in [1.54, 1.807) is 0 Å². The number of likely N-dealkylation sites (tertiary alicyclic amines) is 1. The Kier molecular flexibility index (Phi) is 7.19. The first-order valence-corrected chi connectivity index (χ1v) is 11.9. The third-order valence-electron chi connectivity index (χ3n) is 6.35. The number of carbonyl (C=O) groups excluding carboxylic acids is 1. The largest absolute Gasteiger partial charge is 0.453 e. The van der Waals surface area contributed by atoms with Crippen LogP contribution in [0.25, 0.3) is 0 Å². The molecule has 1 aromatic carbocycles. The lowest BCUT2D eigenvalue weighted by Crippen LogP contribution is -2.49. The topological polar surface area (TPSA) is 84.9 Å². The highest BCUT2D eigenvalue weighted by molar-refractivity contribution is 7.90. The number of rotatable bonds is 6. The Balaban J connectivity index is 1.63. The molecule has 1 saturated carbocycles. The van der Waals surface area contributed by atoms with Gasteiger partial charge in [0.25, 0.3) is 0 Å². The number of carbonyl (C=O) groups is 1. The van der Waals surface area contributed by atoms with Crippen LogP contribution in [0, 0.1) is 0 Å². The number of amides is 1. The molecule has 0 radical (unpaired) electrons. The van der Waals surface area contributed by atoms with Crippen molar-refractivity contribution in [1.29, 1.82) is 0 Å². The van der Waals surface area contributed by atoms with Crippen molar-refractivity contribution in [2.45, 2.75) is 68.4 Å². The number of hydrogen-bond acceptors (Lipinski definition) is 5. The molecule has 2 fully saturated rings. The average molecular weight is 425 g/mol. The molecule has 0 spiro atoms. The second-order valence-corrected chi connectivity index (χ2v) is 10.1. The summed E-state index contributed by atoms with van der Waals surface area (Å²) < 4.78 is 38.5. The smallest absolute Gasteiger partial charge is 0.410 e. The van der Waals surface area contributed by atoms with Crippen molar-refractivity contribution in [3.05, 3.63) is 35.9 Å². The molecule has 1 aliphatic heterocycles. The van der Waals surface area contributed by atoms with Crippen molar-refractivity contribution in [3.8, 4) is 0 Å². The Bertz CT molecular complexity index is 778. The van der Waals surface area contributed by atoms with E-state index in [1.807, 2.05) is 13.0 Å². The summed E-state index contributed by atoms with van der Waals surface area (Å²) in [7, 11) is -0.808. The van der Waals surface area contributed by atoms with Crippen molar-refractivity contribution >= 4 is 16.1 Å². The van der Waals surface area contributed by atoms with Gasteiger partial charge in [-0.2, -0.15) is 0 Å². The molecule has 1 aromatic rings. The first kappa shape index (κ1) is 22.1. The standard InChI is InChI=1S/C21H32N2O5S/c1-15-13-20(29(25,26)22-2)19(23(15)21(24)27-3)14-28-18-11-9-17(10-12-18)16-7-5-4-6-8-16/h4-8,15,17-20,22H,9-14H2,1-3H3. The number of nitrogens with zero attached hydrogens (tertiary/aromatic N) is 1. The fraction of sp³-hybridized carbons (Fsp3) is 0.667. The summed E-state index contributed by atoms with van der Waals surface area (Å²) in [4.78, 5) is 13.8. The second-order valence-electron chi connectivity index (χ2n) is 8.03. The predicted molar refractivity (Wildman–Crippen MR) is 111 cm³/mol. The number of methoxy groups -OCH3 is 1. The molecule has 162 valence electrons. The Labute approximate surface area is 173 Å². The first-order valence-electron chi connectivity index (χ1n) is 10.3. The molecule has 7 nitrogen and oxygen atoms in total. The van der Waals surface area contributed by atoms with Gasteiger partial charge in [0.1, 0.15) is 5.25 Å². The number of benzene rings is 1. The van der Waals surface area contributed by atoms with Crippen molar-refractivity contribution in [1.82, 2.24) is 9.62 Å². The van der Waals surface area contributed by atoms with Crippen molar-refractivity contribution in [3.63, 3.8) is 0 Å². The molecule has 29 heavy (non-hydrogen) atoms. The lowest BCUT2D eigenvalue weighted by atomic mass is 9.83. The zero-order chi connectivity index (χ0) is 21.0. The first-order chi connectivity index (χ1) is 13.9. The number of hydrogen-bond donors (Lipinski definition) is 1. The quantitative estimate of drug-likeness (QED) is 0.759. The molecule has 1 heterocycles. The van der Waals surface area contributed by atoms with E-state index in [0.717, 1.165) is 25.7 Å².